The van der Waals surface area contributed by atoms with Crippen molar-refractivity contribution in [1.82, 2.24) is 15.5 Å². The smallest absolute Gasteiger partial charge is 0.263 e. The first-order chi connectivity index (χ1) is 9.56. The Balaban J connectivity index is 2.30. The maximum Gasteiger partial charge on any atom is 0.263 e. The first-order valence-corrected chi connectivity index (χ1v) is 7.07. The van der Waals surface area contributed by atoms with Gasteiger partial charge >= 0.3 is 0 Å². The molecule has 104 valence electrons. The number of nitrogens with zero attached hydrogens (tertiary/aromatic N) is 2. The summed E-state index contributed by atoms with van der Waals surface area (Å²) in [4.78, 5) is 13.3. The molecule has 20 heavy (non-hydrogen) atoms. The van der Waals surface area contributed by atoms with Gasteiger partial charge < -0.3 is 11.1 Å². The molecule has 0 aliphatic rings. The van der Waals surface area contributed by atoms with Crippen LogP contribution in [0.4, 0.5) is 5.69 Å². The fraction of sp³-hybridized carbons (Fsp3) is 0.357. The van der Waals surface area contributed by atoms with Crippen molar-refractivity contribution >= 4 is 33.1 Å². The molecule has 0 saturated heterocycles. The van der Waals surface area contributed by atoms with Gasteiger partial charge in [-0.2, -0.15) is 5.10 Å². The van der Waals surface area contributed by atoms with E-state index in [1.807, 2.05) is 13.8 Å². The summed E-state index contributed by atoms with van der Waals surface area (Å²) >= 11 is 1.27. The Labute approximate surface area is 121 Å². The molecule has 0 fully saturated rings. The highest BCUT2D eigenvalue weighted by molar-refractivity contribution is 7.21. The van der Waals surface area contributed by atoms with E-state index < -0.39 is 0 Å². The van der Waals surface area contributed by atoms with E-state index >= 15 is 0 Å². The number of nitrogen functional groups attached to an aromatic ring is 1. The maximum atomic E-state index is 12.1. The van der Waals surface area contributed by atoms with E-state index in [-0.39, 0.29) is 5.91 Å². The van der Waals surface area contributed by atoms with E-state index in [4.69, 9.17) is 5.73 Å². The fourth-order valence-electron chi connectivity index (χ4n) is 1.85. The maximum absolute atomic E-state index is 12.1. The molecule has 2 aromatic rings. The van der Waals surface area contributed by atoms with Gasteiger partial charge in [0.2, 0.25) is 0 Å². The van der Waals surface area contributed by atoms with Crippen LogP contribution in [-0.2, 0) is 0 Å². The highest BCUT2D eigenvalue weighted by Gasteiger charge is 2.19. The van der Waals surface area contributed by atoms with Crippen molar-refractivity contribution in [1.29, 1.82) is 0 Å². The van der Waals surface area contributed by atoms with Crippen LogP contribution in [0, 0.1) is 25.7 Å². The molecule has 0 bridgehead atoms. The van der Waals surface area contributed by atoms with E-state index in [1.165, 1.54) is 11.3 Å². The lowest BCUT2D eigenvalue weighted by molar-refractivity contribution is 0.0959. The van der Waals surface area contributed by atoms with Crippen LogP contribution in [0.15, 0.2) is 0 Å². The number of rotatable bonds is 3. The number of amides is 1. The van der Waals surface area contributed by atoms with Crippen molar-refractivity contribution in [2.45, 2.75) is 27.2 Å². The minimum absolute atomic E-state index is 0.180. The van der Waals surface area contributed by atoms with E-state index in [2.05, 4.69) is 27.4 Å². The Kier molecular flexibility index (Phi) is 4.20. The zero-order valence-electron chi connectivity index (χ0n) is 11.7. The number of hydrogen-bond donors (Lipinski definition) is 2. The van der Waals surface area contributed by atoms with E-state index in [0.717, 1.165) is 16.6 Å². The highest BCUT2D eigenvalue weighted by atomic mass is 32.1. The largest absolute Gasteiger partial charge is 0.397 e. The van der Waals surface area contributed by atoms with Gasteiger partial charge in [-0.1, -0.05) is 0 Å². The van der Waals surface area contributed by atoms with E-state index in [0.29, 0.717) is 28.4 Å². The summed E-state index contributed by atoms with van der Waals surface area (Å²) in [6.45, 7) is 6.10. The second kappa shape index (κ2) is 5.88. The molecule has 0 aliphatic carbocycles. The standard InChI is InChI=1S/C14H16N4OS/c1-4-5-6-7-16-13(19)12-11(15)10-8(2)9(3)17-18-14(10)20-12/h6-7,15H2,1-3H3,(H,16,19). The average molecular weight is 288 g/mol. The van der Waals surface area contributed by atoms with Crippen LogP contribution in [0.2, 0.25) is 0 Å². The van der Waals surface area contributed by atoms with Crippen LogP contribution >= 0.6 is 11.3 Å². The summed E-state index contributed by atoms with van der Waals surface area (Å²) in [5.41, 5.74) is 8.38. The Morgan fingerprint density at radius 2 is 2.15 bits per heavy atom. The highest BCUT2D eigenvalue weighted by Crippen LogP contribution is 2.34. The number of carbonyl (C=O) groups excluding carboxylic acids is 1. The minimum atomic E-state index is -0.180. The number of hydrogen-bond acceptors (Lipinski definition) is 5. The number of nitrogens with two attached hydrogens (primary N) is 1. The summed E-state index contributed by atoms with van der Waals surface area (Å²) in [6.07, 6.45) is 0.630. The van der Waals surface area contributed by atoms with Gasteiger partial charge in [0.25, 0.3) is 5.91 Å². The Hall–Kier alpha value is -2.13. The second-order valence-electron chi connectivity index (χ2n) is 4.37. The summed E-state index contributed by atoms with van der Waals surface area (Å²) < 4.78 is 0. The van der Waals surface area contributed by atoms with Gasteiger partial charge in [0.05, 0.1) is 11.4 Å². The van der Waals surface area contributed by atoms with Gasteiger partial charge in [0.1, 0.15) is 9.71 Å². The lowest BCUT2D eigenvalue weighted by Gasteiger charge is -2.02. The van der Waals surface area contributed by atoms with Crippen molar-refractivity contribution in [2.24, 2.45) is 0 Å². The Morgan fingerprint density at radius 1 is 1.40 bits per heavy atom. The fourth-order valence-corrected chi connectivity index (χ4v) is 2.87. The molecule has 3 N–H and O–H groups in total. The zero-order chi connectivity index (χ0) is 14.7. The van der Waals surface area contributed by atoms with Gasteiger partial charge in [-0.15, -0.1) is 28.3 Å². The monoisotopic (exact) mass is 288 g/mol. The Bertz CT molecular complexity index is 724. The minimum Gasteiger partial charge on any atom is -0.397 e. The van der Waals surface area contributed by atoms with Crippen LogP contribution in [0.3, 0.4) is 0 Å². The number of carbonyl (C=O) groups is 1. The number of aromatic nitrogens is 2. The topological polar surface area (TPSA) is 80.9 Å². The summed E-state index contributed by atoms with van der Waals surface area (Å²) in [7, 11) is 0. The molecular weight excluding hydrogens is 272 g/mol. The van der Waals surface area contributed by atoms with Crippen molar-refractivity contribution in [3.63, 3.8) is 0 Å². The van der Waals surface area contributed by atoms with Gasteiger partial charge in [0, 0.05) is 18.4 Å². The number of aryl methyl sites for hydroxylation is 2. The lowest BCUT2D eigenvalue weighted by Crippen LogP contribution is -2.24. The van der Waals surface area contributed by atoms with Crippen molar-refractivity contribution in [3.8, 4) is 11.8 Å². The predicted octanol–water partition coefficient (Wildman–Crippen LogP) is 2.03. The molecule has 6 heteroatoms. The third-order valence-corrected chi connectivity index (χ3v) is 4.14. The molecule has 0 radical (unpaired) electrons. The molecular formula is C14H16N4OS. The van der Waals surface area contributed by atoms with Crippen LogP contribution in [-0.4, -0.2) is 22.6 Å². The van der Waals surface area contributed by atoms with Crippen LogP contribution in [0.25, 0.3) is 10.2 Å². The predicted molar refractivity (Wildman–Crippen MR) is 81.7 cm³/mol. The molecule has 2 aromatic heterocycles. The average Bonchev–Trinajstić information content (AvgIpc) is 2.77. The Morgan fingerprint density at radius 3 is 2.85 bits per heavy atom. The van der Waals surface area contributed by atoms with Crippen molar-refractivity contribution in [3.05, 3.63) is 16.1 Å². The summed E-state index contributed by atoms with van der Waals surface area (Å²) in [5.74, 6) is 5.50. The van der Waals surface area contributed by atoms with Crippen LogP contribution < -0.4 is 11.1 Å². The number of anilines is 1. The molecule has 2 rings (SSSR count). The van der Waals surface area contributed by atoms with Crippen LogP contribution in [0.1, 0.15) is 34.3 Å². The third kappa shape index (κ3) is 2.58. The van der Waals surface area contributed by atoms with E-state index in [9.17, 15) is 4.79 Å². The van der Waals surface area contributed by atoms with E-state index in [1.54, 1.807) is 6.92 Å². The normalized spacial score (nSPS) is 10.2. The molecule has 0 atom stereocenters. The summed E-state index contributed by atoms with van der Waals surface area (Å²) in [5, 5.41) is 11.8. The van der Waals surface area contributed by atoms with Crippen molar-refractivity contribution in [2.75, 3.05) is 12.3 Å². The molecule has 0 saturated carbocycles. The van der Waals surface area contributed by atoms with Crippen molar-refractivity contribution < 1.29 is 4.79 Å². The first kappa shape index (κ1) is 14.3. The third-order valence-electron chi connectivity index (χ3n) is 3.05. The number of fused-ring (bicyclic) bond motifs is 1. The lowest BCUT2D eigenvalue weighted by atomic mass is 10.1. The van der Waals surface area contributed by atoms with Gasteiger partial charge in [-0.25, -0.2) is 0 Å². The van der Waals surface area contributed by atoms with Gasteiger partial charge in [0.15, 0.2) is 0 Å². The molecule has 2 heterocycles. The molecule has 5 nitrogen and oxygen atoms in total. The SMILES string of the molecule is CC#CCCNC(=O)c1sc2nnc(C)c(C)c2c1N. The quantitative estimate of drug-likeness (QED) is 0.669. The number of nitrogens with one attached hydrogen (secondary N) is 1. The first-order valence-electron chi connectivity index (χ1n) is 6.26. The molecule has 0 aliphatic heterocycles. The number of thiophene rings is 1. The molecule has 0 aromatic carbocycles. The van der Waals surface area contributed by atoms with Crippen LogP contribution in [0.5, 0.6) is 0 Å². The molecule has 0 unspecified atom stereocenters. The second-order valence-corrected chi connectivity index (χ2v) is 5.37. The molecule has 1 amide bonds. The zero-order valence-corrected chi connectivity index (χ0v) is 12.5. The summed E-state index contributed by atoms with van der Waals surface area (Å²) in [6, 6.07) is 0. The van der Waals surface area contributed by atoms with Gasteiger partial charge in [-0.3, -0.25) is 4.79 Å². The van der Waals surface area contributed by atoms with Gasteiger partial charge in [-0.05, 0) is 26.3 Å². The molecule has 0 spiro atoms.